The molecule has 0 radical (unpaired) electrons. The highest BCUT2D eigenvalue weighted by Crippen LogP contribution is 2.26. The third-order valence-corrected chi connectivity index (χ3v) is 8.38. The minimum absolute atomic E-state index is 0.0360. The van der Waals surface area contributed by atoms with Gasteiger partial charge in [-0.25, -0.2) is 8.42 Å². The smallest absolute Gasteiger partial charge is 0.244 e. The molecule has 0 spiro atoms. The maximum absolute atomic E-state index is 14.2. The number of halogens is 1. The van der Waals surface area contributed by atoms with E-state index in [-0.39, 0.29) is 24.9 Å². The van der Waals surface area contributed by atoms with Crippen LogP contribution in [0.4, 0.5) is 5.69 Å². The van der Waals surface area contributed by atoms with Gasteiger partial charge >= 0.3 is 0 Å². The molecule has 2 atom stereocenters. The number of hydrogen-bond acceptors (Lipinski definition) is 4. The van der Waals surface area contributed by atoms with Gasteiger partial charge in [0.2, 0.25) is 21.8 Å². The van der Waals surface area contributed by atoms with Crippen molar-refractivity contribution >= 4 is 39.1 Å². The normalized spacial score (nSPS) is 12.8. The fourth-order valence-corrected chi connectivity index (χ4v) is 5.48. The van der Waals surface area contributed by atoms with Crippen molar-refractivity contribution in [3.8, 4) is 0 Å². The molecule has 2 amide bonds. The molecule has 7 nitrogen and oxygen atoms in total. The Balaban J connectivity index is 2.10. The third-order valence-electron chi connectivity index (χ3n) is 6.88. The lowest BCUT2D eigenvalue weighted by Crippen LogP contribution is -2.54. The van der Waals surface area contributed by atoms with E-state index in [1.54, 1.807) is 31.2 Å². The van der Waals surface area contributed by atoms with Crippen molar-refractivity contribution in [2.24, 2.45) is 0 Å². The molecule has 9 heteroatoms. The molecular formula is C31H38ClN3O4S. The molecule has 0 unspecified atom stereocenters. The maximum Gasteiger partial charge on any atom is 0.244 e. The van der Waals surface area contributed by atoms with Crippen LogP contribution in [0.5, 0.6) is 0 Å². The molecule has 0 bridgehead atoms. The Morgan fingerprint density at radius 3 is 2.25 bits per heavy atom. The van der Waals surface area contributed by atoms with Gasteiger partial charge in [-0.3, -0.25) is 13.9 Å². The molecular weight excluding hydrogens is 546 g/mol. The Bertz CT molecular complexity index is 1430. The Morgan fingerprint density at radius 2 is 1.62 bits per heavy atom. The Labute approximate surface area is 243 Å². The highest BCUT2D eigenvalue weighted by atomic mass is 35.5. The van der Waals surface area contributed by atoms with Crippen molar-refractivity contribution in [2.45, 2.75) is 59.2 Å². The van der Waals surface area contributed by atoms with Crippen LogP contribution in [0.15, 0.2) is 72.8 Å². The van der Waals surface area contributed by atoms with E-state index in [9.17, 15) is 18.0 Å². The number of hydrogen-bond donors (Lipinski definition) is 1. The van der Waals surface area contributed by atoms with E-state index in [1.165, 1.54) is 4.90 Å². The van der Waals surface area contributed by atoms with E-state index in [2.05, 4.69) is 5.32 Å². The minimum Gasteiger partial charge on any atom is -0.352 e. The van der Waals surface area contributed by atoms with Gasteiger partial charge in [0.05, 0.1) is 11.9 Å². The quantitative estimate of drug-likeness (QED) is 0.314. The molecule has 0 aliphatic heterocycles. The molecule has 3 aromatic rings. The van der Waals surface area contributed by atoms with Gasteiger partial charge in [-0.05, 0) is 61.6 Å². The van der Waals surface area contributed by atoms with Crippen LogP contribution in [0.2, 0.25) is 5.02 Å². The Kier molecular flexibility index (Phi) is 10.8. The molecule has 0 aliphatic rings. The predicted molar refractivity (Wildman–Crippen MR) is 162 cm³/mol. The van der Waals surface area contributed by atoms with Crippen molar-refractivity contribution in [3.63, 3.8) is 0 Å². The number of benzene rings is 3. The Morgan fingerprint density at radius 1 is 0.975 bits per heavy atom. The maximum atomic E-state index is 14.2. The van der Waals surface area contributed by atoms with E-state index in [1.807, 2.05) is 69.3 Å². The van der Waals surface area contributed by atoms with Crippen LogP contribution in [-0.2, 0) is 32.6 Å². The number of sulfonamides is 1. The fraction of sp³-hybridized carbons (Fsp3) is 0.355. The van der Waals surface area contributed by atoms with Crippen LogP contribution < -0.4 is 9.62 Å². The van der Waals surface area contributed by atoms with E-state index >= 15 is 0 Å². The average molecular weight is 584 g/mol. The zero-order chi connectivity index (χ0) is 29.4. The summed E-state index contributed by atoms with van der Waals surface area (Å²) in [6.45, 7) is 7.12. The highest BCUT2D eigenvalue weighted by Gasteiger charge is 2.34. The van der Waals surface area contributed by atoms with E-state index in [0.717, 1.165) is 33.7 Å². The molecule has 0 heterocycles. The SMILES string of the molecule is CC[C@H](C)NC(=O)[C@@H](Cc1ccccc1)N(Cc1ccccc1Cl)C(=O)CN(c1cc(C)ccc1C)S(C)(=O)=O. The number of carbonyl (C=O) groups excluding carboxylic acids is 2. The summed E-state index contributed by atoms with van der Waals surface area (Å²) in [5, 5.41) is 3.47. The third kappa shape index (κ3) is 8.32. The van der Waals surface area contributed by atoms with Gasteiger partial charge in [-0.2, -0.15) is 0 Å². The molecule has 0 aromatic heterocycles. The van der Waals surface area contributed by atoms with E-state index < -0.39 is 28.5 Å². The van der Waals surface area contributed by atoms with E-state index in [0.29, 0.717) is 16.3 Å². The van der Waals surface area contributed by atoms with Crippen LogP contribution in [0.1, 0.15) is 42.5 Å². The summed E-state index contributed by atoms with van der Waals surface area (Å²) in [7, 11) is -3.84. The number of anilines is 1. The monoisotopic (exact) mass is 583 g/mol. The molecule has 0 saturated heterocycles. The van der Waals surface area contributed by atoms with Gasteiger partial charge in [0.25, 0.3) is 0 Å². The van der Waals surface area contributed by atoms with Crippen LogP contribution in [0, 0.1) is 13.8 Å². The average Bonchev–Trinajstić information content (AvgIpc) is 2.91. The van der Waals surface area contributed by atoms with Gasteiger partial charge in [0.1, 0.15) is 12.6 Å². The first-order chi connectivity index (χ1) is 18.9. The van der Waals surface area contributed by atoms with E-state index in [4.69, 9.17) is 11.6 Å². The standard InChI is InChI=1S/C31H38ClN3O4S/c1-6-24(4)33-31(37)29(19-25-12-8-7-9-13-25)34(20-26-14-10-11-15-27(26)32)30(36)21-35(40(5,38)39)28-18-22(2)16-17-23(28)3/h7-18,24,29H,6,19-21H2,1-5H3,(H,33,37)/t24-,29+/m0/s1. The topological polar surface area (TPSA) is 86.8 Å². The number of carbonyl (C=O) groups is 2. The lowest BCUT2D eigenvalue weighted by atomic mass is 10.0. The summed E-state index contributed by atoms with van der Waals surface area (Å²) in [4.78, 5) is 29.3. The minimum atomic E-state index is -3.84. The van der Waals surface area contributed by atoms with Crippen LogP contribution >= 0.6 is 11.6 Å². The van der Waals surface area contributed by atoms with Crippen LogP contribution in [0.3, 0.4) is 0 Å². The molecule has 0 aliphatic carbocycles. The fourth-order valence-electron chi connectivity index (χ4n) is 4.39. The summed E-state index contributed by atoms with van der Waals surface area (Å²) in [5.41, 5.74) is 3.54. The first-order valence-electron chi connectivity index (χ1n) is 13.3. The summed E-state index contributed by atoms with van der Waals surface area (Å²) in [6, 6.07) is 21.0. The predicted octanol–water partition coefficient (Wildman–Crippen LogP) is 5.28. The molecule has 0 fully saturated rings. The molecule has 214 valence electrons. The lowest BCUT2D eigenvalue weighted by molar-refractivity contribution is -0.140. The second-order valence-corrected chi connectivity index (χ2v) is 12.5. The zero-order valence-corrected chi connectivity index (χ0v) is 25.3. The van der Waals surface area contributed by atoms with Gasteiger partial charge in [0.15, 0.2) is 0 Å². The van der Waals surface area contributed by atoms with Gasteiger partial charge in [-0.1, -0.05) is 79.2 Å². The summed E-state index contributed by atoms with van der Waals surface area (Å²) in [5.74, 6) is -0.817. The number of nitrogens with zero attached hydrogens (tertiary/aromatic N) is 2. The molecule has 1 N–H and O–H groups in total. The van der Waals surface area contributed by atoms with Gasteiger partial charge in [-0.15, -0.1) is 0 Å². The van der Waals surface area contributed by atoms with Crippen molar-refractivity contribution in [2.75, 3.05) is 17.1 Å². The molecule has 3 rings (SSSR count). The molecule has 40 heavy (non-hydrogen) atoms. The van der Waals surface area contributed by atoms with Crippen molar-refractivity contribution in [1.82, 2.24) is 10.2 Å². The number of amides is 2. The number of nitrogens with one attached hydrogen (secondary N) is 1. The lowest BCUT2D eigenvalue weighted by Gasteiger charge is -2.34. The second-order valence-electron chi connectivity index (χ2n) is 10.2. The first kappa shape index (κ1) is 31.2. The number of aryl methyl sites for hydroxylation is 2. The number of rotatable bonds is 12. The second kappa shape index (κ2) is 13.8. The van der Waals surface area contributed by atoms with Crippen molar-refractivity contribution in [3.05, 3.63) is 100 Å². The summed E-state index contributed by atoms with van der Waals surface area (Å²) >= 11 is 6.49. The van der Waals surface area contributed by atoms with Crippen LogP contribution in [-0.4, -0.2) is 50.0 Å². The molecule has 0 saturated carbocycles. The Hall–Kier alpha value is -3.36. The largest absolute Gasteiger partial charge is 0.352 e. The van der Waals surface area contributed by atoms with Gasteiger partial charge < -0.3 is 10.2 Å². The first-order valence-corrected chi connectivity index (χ1v) is 15.6. The van der Waals surface area contributed by atoms with Crippen LogP contribution in [0.25, 0.3) is 0 Å². The van der Waals surface area contributed by atoms with Crippen molar-refractivity contribution < 1.29 is 18.0 Å². The van der Waals surface area contributed by atoms with Crippen molar-refractivity contribution in [1.29, 1.82) is 0 Å². The molecule has 3 aromatic carbocycles. The zero-order valence-electron chi connectivity index (χ0n) is 23.7. The summed E-state index contributed by atoms with van der Waals surface area (Å²) in [6.07, 6.45) is 2.05. The van der Waals surface area contributed by atoms with Gasteiger partial charge in [0, 0.05) is 24.0 Å². The summed E-state index contributed by atoms with van der Waals surface area (Å²) < 4.78 is 27.1. The highest BCUT2D eigenvalue weighted by molar-refractivity contribution is 7.92.